The number of hydrogen-bond donors (Lipinski definition) is 0. The van der Waals surface area contributed by atoms with Gasteiger partial charge in [-0.15, -0.1) is 0 Å². The largest absolute Gasteiger partial charge is 0.416 e. The molecule has 0 saturated carbocycles. The van der Waals surface area contributed by atoms with Gasteiger partial charge in [0.05, 0.1) is 11.1 Å². The van der Waals surface area contributed by atoms with Crippen LogP contribution < -0.4 is 0 Å². The van der Waals surface area contributed by atoms with Crippen molar-refractivity contribution in [1.29, 1.82) is 0 Å². The molecular weight excluding hydrogens is 251 g/mol. The average Bonchev–Trinajstić information content (AvgIpc) is 2.12. The Balaban J connectivity index is 3.03. The number of alkyl halides is 3. The van der Waals surface area contributed by atoms with Crippen LogP contribution >= 0.6 is 11.6 Å². The lowest BCUT2D eigenvalue weighted by atomic mass is 10.1. The maximum absolute atomic E-state index is 12.4. The molecule has 17 heavy (non-hydrogen) atoms. The minimum absolute atomic E-state index is 0.0489. The van der Waals surface area contributed by atoms with Crippen LogP contribution in [0.4, 0.5) is 13.2 Å². The van der Waals surface area contributed by atoms with Crippen LogP contribution in [-0.4, -0.2) is 11.8 Å². The summed E-state index contributed by atoms with van der Waals surface area (Å²) in [6.07, 6.45) is -2.88. The van der Waals surface area contributed by atoms with Gasteiger partial charge >= 0.3 is 6.18 Å². The molecule has 0 bridgehead atoms. The molecule has 1 rings (SSSR count). The molecule has 0 atom stereocenters. The lowest BCUT2D eigenvalue weighted by Gasteiger charge is -2.12. The van der Waals surface area contributed by atoms with E-state index in [1.165, 1.54) is 12.3 Å². The Morgan fingerprint density at radius 2 is 1.76 bits per heavy atom. The van der Waals surface area contributed by atoms with Crippen molar-refractivity contribution in [2.75, 3.05) is 0 Å². The number of aliphatic imine (C=N–C) groups is 1. The van der Waals surface area contributed by atoms with Gasteiger partial charge in [0.25, 0.3) is 0 Å². The molecule has 0 aliphatic carbocycles. The highest BCUT2D eigenvalue weighted by Crippen LogP contribution is 2.31. The Kier molecular flexibility index (Phi) is 3.87. The molecule has 1 aromatic rings. The molecule has 0 fully saturated rings. The van der Waals surface area contributed by atoms with Crippen LogP contribution in [0.3, 0.4) is 0 Å². The van der Waals surface area contributed by atoms with Gasteiger partial charge in [0, 0.05) is 16.8 Å². The average molecular weight is 264 g/mol. The quantitative estimate of drug-likeness (QED) is 0.658. The van der Waals surface area contributed by atoms with E-state index in [4.69, 9.17) is 11.6 Å². The van der Waals surface area contributed by atoms with E-state index in [0.717, 1.165) is 12.1 Å². The normalized spacial score (nSPS) is 13.4. The van der Waals surface area contributed by atoms with Crippen LogP contribution in [0.15, 0.2) is 23.2 Å². The van der Waals surface area contributed by atoms with Crippen molar-refractivity contribution in [3.63, 3.8) is 0 Å². The molecule has 0 aliphatic heterocycles. The summed E-state index contributed by atoms with van der Waals surface area (Å²) in [6, 6.07) is 3.22. The van der Waals surface area contributed by atoms with E-state index in [1.807, 2.05) is 20.8 Å². The van der Waals surface area contributed by atoms with Crippen LogP contribution in [0.1, 0.15) is 31.9 Å². The lowest BCUT2D eigenvalue weighted by Crippen LogP contribution is -2.10. The highest BCUT2D eigenvalue weighted by Gasteiger charge is 2.30. The molecular formula is C12H13ClF3N. The molecule has 1 nitrogen and oxygen atoms in total. The molecule has 0 unspecified atom stereocenters. The zero-order valence-corrected chi connectivity index (χ0v) is 10.5. The molecule has 0 N–H and O–H groups in total. The third-order valence-electron chi connectivity index (χ3n) is 1.92. The highest BCUT2D eigenvalue weighted by atomic mass is 35.5. The van der Waals surface area contributed by atoms with E-state index in [-0.39, 0.29) is 10.6 Å². The minimum atomic E-state index is -4.37. The van der Waals surface area contributed by atoms with Crippen LogP contribution in [0.2, 0.25) is 5.02 Å². The first-order valence-electron chi connectivity index (χ1n) is 5.01. The van der Waals surface area contributed by atoms with Gasteiger partial charge in [-0.3, -0.25) is 4.99 Å². The molecule has 0 saturated heterocycles. The third kappa shape index (κ3) is 4.38. The smallest absolute Gasteiger partial charge is 0.287 e. The van der Waals surface area contributed by atoms with Gasteiger partial charge in [-0.2, -0.15) is 13.2 Å². The summed E-state index contributed by atoms with van der Waals surface area (Å²) in [7, 11) is 0. The fourth-order valence-electron chi connectivity index (χ4n) is 1.07. The van der Waals surface area contributed by atoms with E-state index in [0.29, 0.717) is 5.56 Å². The van der Waals surface area contributed by atoms with Crippen molar-refractivity contribution in [2.45, 2.75) is 32.5 Å². The fourth-order valence-corrected chi connectivity index (χ4v) is 1.30. The number of rotatable bonds is 1. The second-order valence-corrected chi connectivity index (χ2v) is 5.07. The maximum Gasteiger partial charge on any atom is 0.416 e. The summed E-state index contributed by atoms with van der Waals surface area (Å²) in [5.74, 6) is 0. The Bertz CT molecular complexity index is 430. The van der Waals surface area contributed by atoms with Gasteiger partial charge < -0.3 is 0 Å². The van der Waals surface area contributed by atoms with Gasteiger partial charge in [-0.1, -0.05) is 17.7 Å². The van der Waals surface area contributed by atoms with Crippen LogP contribution in [0.5, 0.6) is 0 Å². The minimum Gasteiger partial charge on any atom is -0.287 e. The van der Waals surface area contributed by atoms with Crippen LogP contribution in [-0.2, 0) is 6.18 Å². The zero-order chi connectivity index (χ0) is 13.3. The second-order valence-electron chi connectivity index (χ2n) is 4.66. The summed E-state index contributed by atoms with van der Waals surface area (Å²) < 4.78 is 37.1. The van der Waals surface area contributed by atoms with Gasteiger partial charge in [0.2, 0.25) is 0 Å². The first-order chi connectivity index (χ1) is 7.59. The van der Waals surface area contributed by atoms with Crippen molar-refractivity contribution in [3.8, 4) is 0 Å². The summed E-state index contributed by atoms with van der Waals surface area (Å²) in [6.45, 7) is 5.67. The predicted octanol–water partition coefficient (Wildman–Crippen LogP) is 4.58. The number of benzene rings is 1. The second kappa shape index (κ2) is 4.69. The van der Waals surface area contributed by atoms with Crippen LogP contribution in [0, 0.1) is 0 Å². The molecule has 94 valence electrons. The fraction of sp³-hybridized carbons (Fsp3) is 0.417. The maximum atomic E-state index is 12.4. The van der Waals surface area contributed by atoms with Gasteiger partial charge in [-0.25, -0.2) is 0 Å². The van der Waals surface area contributed by atoms with E-state index in [1.54, 1.807) is 0 Å². The van der Waals surface area contributed by atoms with E-state index < -0.39 is 11.7 Å². The van der Waals surface area contributed by atoms with Crippen molar-refractivity contribution >= 4 is 17.8 Å². The summed E-state index contributed by atoms with van der Waals surface area (Å²) in [5.41, 5.74) is -0.559. The first kappa shape index (κ1) is 14.0. The van der Waals surface area contributed by atoms with Crippen LogP contribution in [0.25, 0.3) is 0 Å². The highest BCUT2D eigenvalue weighted by molar-refractivity contribution is 6.33. The van der Waals surface area contributed by atoms with Gasteiger partial charge in [0.15, 0.2) is 0 Å². The molecule has 0 aliphatic rings. The van der Waals surface area contributed by atoms with E-state index >= 15 is 0 Å². The zero-order valence-electron chi connectivity index (χ0n) is 9.77. The summed E-state index contributed by atoms with van der Waals surface area (Å²) >= 11 is 5.77. The van der Waals surface area contributed by atoms with Crippen molar-refractivity contribution in [3.05, 3.63) is 34.3 Å². The van der Waals surface area contributed by atoms with Crippen molar-refractivity contribution in [1.82, 2.24) is 0 Å². The number of nitrogens with zero attached hydrogens (tertiary/aromatic N) is 1. The van der Waals surface area contributed by atoms with Gasteiger partial charge in [-0.05, 0) is 32.9 Å². The standard InChI is InChI=1S/C12H13ClF3N/c1-11(2,3)17-7-8-4-5-9(6-10(8)13)12(14,15)16/h4-7H,1-3H3. The number of halogens is 4. The van der Waals surface area contributed by atoms with E-state index in [9.17, 15) is 13.2 Å². The Morgan fingerprint density at radius 3 is 2.18 bits per heavy atom. The topological polar surface area (TPSA) is 12.4 Å². The molecule has 0 heterocycles. The molecule has 0 aromatic heterocycles. The molecule has 0 amide bonds. The Labute approximate surface area is 103 Å². The molecule has 0 spiro atoms. The monoisotopic (exact) mass is 263 g/mol. The van der Waals surface area contributed by atoms with E-state index in [2.05, 4.69) is 4.99 Å². The predicted molar refractivity (Wildman–Crippen MR) is 63.8 cm³/mol. The van der Waals surface area contributed by atoms with Gasteiger partial charge in [0.1, 0.15) is 0 Å². The Hall–Kier alpha value is -1.03. The summed E-state index contributed by atoms with van der Waals surface area (Å²) in [5, 5.41) is 0.0489. The third-order valence-corrected chi connectivity index (χ3v) is 2.25. The lowest BCUT2D eigenvalue weighted by molar-refractivity contribution is -0.137. The first-order valence-corrected chi connectivity index (χ1v) is 5.39. The Morgan fingerprint density at radius 1 is 1.18 bits per heavy atom. The SMILES string of the molecule is CC(C)(C)N=Cc1ccc(C(F)(F)F)cc1Cl. The molecule has 1 aromatic carbocycles. The molecule has 0 radical (unpaired) electrons. The van der Waals surface area contributed by atoms with Crippen molar-refractivity contribution < 1.29 is 13.2 Å². The molecule has 5 heteroatoms. The van der Waals surface area contributed by atoms with Crippen molar-refractivity contribution in [2.24, 2.45) is 4.99 Å². The number of hydrogen-bond acceptors (Lipinski definition) is 1. The summed E-state index contributed by atoms with van der Waals surface area (Å²) in [4.78, 5) is 4.19.